The van der Waals surface area contributed by atoms with Crippen molar-refractivity contribution in [2.24, 2.45) is 0 Å². The minimum atomic E-state index is -0.791. The summed E-state index contributed by atoms with van der Waals surface area (Å²) in [4.78, 5) is 14.2. The van der Waals surface area contributed by atoms with Crippen molar-refractivity contribution in [2.75, 3.05) is 26.3 Å². The predicted octanol–water partition coefficient (Wildman–Crippen LogP) is 4.85. The number of rotatable bonds is 10. The Kier molecular flexibility index (Phi) is 9.07. The van der Waals surface area contributed by atoms with E-state index in [0.717, 1.165) is 50.0 Å². The molecule has 1 aliphatic heterocycles. The van der Waals surface area contributed by atoms with Gasteiger partial charge in [0.25, 0.3) is 0 Å². The van der Waals surface area contributed by atoms with Crippen LogP contribution in [0.25, 0.3) is 0 Å². The molecule has 1 aliphatic rings. The fraction of sp³-hybridized carbons (Fsp3) is 0.536. The molecule has 0 unspecified atom stereocenters. The fourth-order valence-corrected chi connectivity index (χ4v) is 4.38. The van der Waals surface area contributed by atoms with Gasteiger partial charge in [-0.3, -0.25) is 9.69 Å². The first-order chi connectivity index (χ1) is 15.8. The molecule has 2 aromatic rings. The lowest BCUT2D eigenvalue weighted by Crippen LogP contribution is -2.42. The van der Waals surface area contributed by atoms with Crippen LogP contribution in [0.15, 0.2) is 54.6 Å². The Morgan fingerprint density at radius 2 is 1.67 bits per heavy atom. The van der Waals surface area contributed by atoms with Crippen LogP contribution in [0.5, 0.6) is 0 Å². The summed E-state index contributed by atoms with van der Waals surface area (Å²) in [5, 5.41) is 11.5. The van der Waals surface area contributed by atoms with E-state index in [4.69, 9.17) is 9.47 Å². The van der Waals surface area contributed by atoms with Gasteiger partial charge in [-0.2, -0.15) is 0 Å². The molecule has 0 aromatic heterocycles. The number of nitrogens with zero attached hydrogens (tertiary/aromatic N) is 1. The molecule has 0 radical (unpaired) electrons. The molecule has 0 spiro atoms. The smallest absolute Gasteiger partial charge is 0.306 e. The minimum Gasteiger partial charge on any atom is -0.460 e. The number of hydrogen-bond donors (Lipinski definition) is 1. The number of carbonyl (C=O) groups excluding carboxylic acids is 1. The van der Waals surface area contributed by atoms with E-state index in [9.17, 15) is 9.90 Å². The van der Waals surface area contributed by atoms with Crippen molar-refractivity contribution in [3.8, 4) is 0 Å². The molecule has 0 aliphatic carbocycles. The lowest BCUT2D eigenvalue weighted by Gasteiger charge is -2.39. The molecule has 5 heteroatoms. The highest BCUT2D eigenvalue weighted by atomic mass is 16.6. The van der Waals surface area contributed by atoms with Gasteiger partial charge in [0.15, 0.2) is 0 Å². The maximum absolute atomic E-state index is 11.8. The second-order valence-electron chi connectivity index (χ2n) is 10.0. The maximum atomic E-state index is 11.8. The molecule has 5 nitrogen and oxygen atoms in total. The molecular formula is C28H39NO4. The first kappa shape index (κ1) is 25.4. The average Bonchev–Trinajstić information content (AvgIpc) is 2.78. The average molecular weight is 454 g/mol. The number of ether oxygens (including phenoxy) is 2. The third-order valence-electron chi connectivity index (χ3n) is 6.06. The summed E-state index contributed by atoms with van der Waals surface area (Å²) < 4.78 is 11.1. The molecular weight excluding hydrogens is 414 g/mol. The van der Waals surface area contributed by atoms with Crippen molar-refractivity contribution in [3.05, 3.63) is 71.3 Å². The zero-order valence-electron chi connectivity index (χ0n) is 20.4. The third kappa shape index (κ3) is 8.26. The molecule has 180 valence electrons. The highest BCUT2D eigenvalue weighted by Gasteiger charge is 2.35. The highest BCUT2D eigenvalue weighted by molar-refractivity contribution is 5.69. The van der Waals surface area contributed by atoms with Gasteiger partial charge >= 0.3 is 5.97 Å². The SMILES string of the molecule is CC(C)(C)OC(=O)CCCOCCc1ccccc1C1(O)CCN(Cc2ccccc2)CC1. The molecule has 0 amide bonds. The molecule has 0 atom stereocenters. The van der Waals surface area contributed by atoms with Gasteiger partial charge in [0.1, 0.15) is 5.60 Å². The second-order valence-corrected chi connectivity index (χ2v) is 10.0. The number of piperidine rings is 1. The van der Waals surface area contributed by atoms with E-state index in [1.54, 1.807) is 0 Å². The van der Waals surface area contributed by atoms with E-state index in [2.05, 4.69) is 41.3 Å². The third-order valence-corrected chi connectivity index (χ3v) is 6.06. The van der Waals surface area contributed by atoms with Crippen LogP contribution in [0.2, 0.25) is 0 Å². The van der Waals surface area contributed by atoms with Gasteiger partial charge in [-0.05, 0) is 63.1 Å². The Morgan fingerprint density at radius 1 is 1.00 bits per heavy atom. The van der Waals surface area contributed by atoms with E-state index in [1.807, 2.05) is 39.0 Å². The minimum absolute atomic E-state index is 0.183. The quantitative estimate of drug-likeness (QED) is 0.412. The van der Waals surface area contributed by atoms with Crippen molar-refractivity contribution in [3.63, 3.8) is 0 Å². The second kappa shape index (κ2) is 11.8. The van der Waals surface area contributed by atoms with Crippen LogP contribution in [0.1, 0.15) is 63.1 Å². The van der Waals surface area contributed by atoms with Crippen molar-refractivity contribution < 1.29 is 19.4 Å². The number of carbonyl (C=O) groups is 1. The Balaban J connectivity index is 1.44. The van der Waals surface area contributed by atoms with Crippen LogP contribution >= 0.6 is 0 Å². The Morgan fingerprint density at radius 3 is 2.36 bits per heavy atom. The summed E-state index contributed by atoms with van der Waals surface area (Å²) in [7, 11) is 0. The molecule has 1 N–H and O–H groups in total. The van der Waals surface area contributed by atoms with E-state index < -0.39 is 11.2 Å². The molecule has 1 fully saturated rings. The van der Waals surface area contributed by atoms with Crippen molar-refractivity contribution in [2.45, 2.75) is 70.6 Å². The van der Waals surface area contributed by atoms with Crippen LogP contribution in [-0.4, -0.2) is 47.9 Å². The molecule has 1 heterocycles. The first-order valence-corrected chi connectivity index (χ1v) is 12.1. The van der Waals surface area contributed by atoms with Gasteiger partial charge < -0.3 is 14.6 Å². The number of hydrogen-bond acceptors (Lipinski definition) is 5. The number of aliphatic hydroxyl groups is 1. The Labute approximate surface area is 198 Å². The lowest BCUT2D eigenvalue weighted by atomic mass is 9.81. The monoisotopic (exact) mass is 453 g/mol. The molecule has 33 heavy (non-hydrogen) atoms. The molecule has 3 rings (SSSR count). The zero-order valence-corrected chi connectivity index (χ0v) is 20.4. The zero-order chi connectivity index (χ0) is 23.7. The number of esters is 1. The van der Waals surface area contributed by atoms with E-state index in [1.165, 1.54) is 5.56 Å². The number of benzene rings is 2. The van der Waals surface area contributed by atoms with Crippen LogP contribution in [-0.2, 0) is 32.8 Å². The molecule has 0 bridgehead atoms. The summed E-state index contributed by atoms with van der Waals surface area (Å²) in [6, 6.07) is 18.7. The standard InChI is InChI=1S/C28H39NO4/c1-27(2,3)33-26(30)14-9-20-32-21-15-24-12-7-8-13-25(24)28(31)16-18-29(19-17-28)22-23-10-5-4-6-11-23/h4-8,10-13,31H,9,14-22H2,1-3H3. The maximum Gasteiger partial charge on any atom is 0.306 e. The fourth-order valence-electron chi connectivity index (χ4n) is 4.38. The van der Waals surface area contributed by atoms with Gasteiger partial charge in [0, 0.05) is 32.7 Å². The van der Waals surface area contributed by atoms with E-state index >= 15 is 0 Å². The summed E-state index contributed by atoms with van der Waals surface area (Å²) >= 11 is 0. The van der Waals surface area contributed by atoms with Gasteiger partial charge in [-0.25, -0.2) is 0 Å². The normalized spacial score (nSPS) is 16.5. The first-order valence-electron chi connectivity index (χ1n) is 12.1. The van der Waals surface area contributed by atoms with Crippen molar-refractivity contribution >= 4 is 5.97 Å². The highest BCUT2D eigenvalue weighted by Crippen LogP contribution is 2.35. The van der Waals surface area contributed by atoms with Gasteiger partial charge in [-0.15, -0.1) is 0 Å². The van der Waals surface area contributed by atoms with Crippen LogP contribution in [0.4, 0.5) is 0 Å². The number of likely N-dealkylation sites (tertiary alicyclic amines) is 1. The van der Waals surface area contributed by atoms with Crippen molar-refractivity contribution in [1.29, 1.82) is 0 Å². The largest absolute Gasteiger partial charge is 0.460 e. The Bertz CT molecular complexity index is 867. The van der Waals surface area contributed by atoms with Crippen molar-refractivity contribution in [1.82, 2.24) is 4.90 Å². The topological polar surface area (TPSA) is 59.0 Å². The molecule has 0 saturated carbocycles. The predicted molar refractivity (Wildman–Crippen MR) is 131 cm³/mol. The lowest BCUT2D eigenvalue weighted by molar-refractivity contribution is -0.155. The van der Waals surface area contributed by atoms with Crippen LogP contribution in [0, 0.1) is 0 Å². The summed E-state index contributed by atoms with van der Waals surface area (Å²) in [5.41, 5.74) is 2.25. The van der Waals surface area contributed by atoms with Crippen LogP contribution in [0.3, 0.4) is 0 Å². The van der Waals surface area contributed by atoms with Crippen LogP contribution < -0.4 is 0 Å². The summed E-state index contributed by atoms with van der Waals surface area (Å²) in [6.45, 7) is 9.40. The summed E-state index contributed by atoms with van der Waals surface area (Å²) in [5.74, 6) is -0.183. The van der Waals surface area contributed by atoms with Gasteiger partial charge in [0.2, 0.25) is 0 Å². The van der Waals surface area contributed by atoms with Gasteiger partial charge in [-0.1, -0.05) is 54.6 Å². The molecule has 1 saturated heterocycles. The summed E-state index contributed by atoms with van der Waals surface area (Å²) in [6.07, 6.45) is 3.23. The van der Waals surface area contributed by atoms with E-state index in [0.29, 0.717) is 26.1 Å². The Hall–Kier alpha value is -2.21. The van der Waals surface area contributed by atoms with E-state index in [-0.39, 0.29) is 5.97 Å². The molecule has 2 aromatic carbocycles. The van der Waals surface area contributed by atoms with Gasteiger partial charge in [0.05, 0.1) is 12.2 Å².